The van der Waals surface area contributed by atoms with E-state index < -0.39 is 0 Å². The lowest BCUT2D eigenvalue weighted by atomic mass is 9.95. The average molecular weight is 237 g/mol. The van der Waals surface area contributed by atoms with E-state index in [1.54, 1.807) is 6.20 Å². The van der Waals surface area contributed by atoms with Crippen molar-refractivity contribution in [1.29, 1.82) is 0 Å². The normalized spacial score (nSPS) is 10.1. The highest BCUT2D eigenvalue weighted by Gasteiger charge is 2.09. The lowest BCUT2D eigenvalue weighted by Gasteiger charge is -2.15. The van der Waals surface area contributed by atoms with Gasteiger partial charge < -0.3 is 5.32 Å². The lowest BCUT2D eigenvalue weighted by Crippen LogP contribution is -1.98. The zero-order valence-electron chi connectivity index (χ0n) is 11.0. The minimum Gasteiger partial charge on any atom is -0.362 e. The highest BCUT2D eigenvalue weighted by atomic mass is 14.8. The molecule has 0 amide bonds. The molecule has 0 aromatic heterocycles. The molecule has 1 N–H and O–H groups in total. The highest BCUT2D eigenvalue weighted by Crippen LogP contribution is 2.31. The van der Waals surface area contributed by atoms with E-state index in [1.165, 1.54) is 27.9 Å². The van der Waals surface area contributed by atoms with E-state index in [-0.39, 0.29) is 0 Å². The van der Waals surface area contributed by atoms with E-state index in [0.717, 1.165) is 6.42 Å². The van der Waals surface area contributed by atoms with Gasteiger partial charge in [-0.15, -0.1) is 0 Å². The summed E-state index contributed by atoms with van der Waals surface area (Å²) < 4.78 is 0. The van der Waals surface area contributed by atoms with Gasteiger partial charge in [0, 0.05) is 5.69 Å². The molecule has 0 unspecified atom stereocenters. The molecule has 0 fully saturated rings. The fraction of sp³-hybridized carbons (Fsp3) is 0.176. The molecule has 0 spiro atoms. The average Bonchev–Trinajstić information content (AvgIpc) is 2.42. The molecule has 0 aliphatic rings. The highest BCUT2D eigenvalue weighted by molar-refractivity contribution is 5.76. The van der Waals surface area contributed by atoms with Crippen LogP contribution in [0.15, 0.2) is 55.2 Å². The first-order valence-electron chi connectivity index (χ1n) is 6.33. The molecule has 1 heteroatoms. The molecule has 0 atom stereocenters. The molecule has 0 saturated heterocycles. The van der Waals surface area contributed by atoms with E-state index >= 15 is 0 Å². The summed E-state index contributed by atoms with van der Waals surface area (Å²) >= 11 is 0. The van der Waals surface area contributed by atoms with E-state index in [1.807, 2.05) is 6.07 Å². The van der Waals surface area contributed by atoms with Gasteiger partial charge in [-0.3, -0.25) is 0 Å². The van der Waals surface area contributed by atoms with Crippen molar-refractivity contribution in [3.63, 3.8) is 0 Å². The molecule has 0 heterocycles. The van der Waals surface area contributed by atoms with E-state index in [0.29, 0.717) is 0 Å². The van der Waals surface area contributed by atoms with Gasteiger partial charge in [0.1, 0.15) is 0 Å². The molecular weight excluding hydrogens is 218 g/mol. The Morgan fingerprint density at radius 1 is 1.11 bits per heavy atom. The maximum Gasteiger partial charge on any atom is 0.0447 e. The van der Waals surface area contributed by atoms with Gasteiger partial charge in [0.2, 0.25) is 0 Å². The Morgan fingerprint density at radius 2 is 1.83 bits per heavy atom. The molecule has 0 bridgehead atoms. The number of benzene rings is 2. The Kier molecular flexibility index (Phi) is 3.83. The van der Waals surface area contributed by atoms with Gasteiger partial charge in [0.25, 0.3) is 0 Å². The SMILES string of the molecule is C=CNc1c(CC)ccc(-c2ccccc2)c1C. The van der Waals surface area contributed by atoms with E-state index in [2.05, 4.69) is 62.1 Å². The van der Waals surface area contributed by atoms with Crippen molar-refractivity contribution < 1.29 is 0 Å². The Hall–Kier alpha value is -2.02. The minimum atomic E-state index is 1.02. The number of hydrogen-bond acceptors (Lipinski definition) is 1. The van der Waals surface area contributed by atoms with Gasteiger partial charge in [-0.1, -0.05) is 56.0 Å². The molecular formula is C17H19N. The van der Waals surface area contributed by atoms with Crippen LogP contribution in [-0.2, 0) is 6.42 Å². The van der Waals surface area contributed by atoms with Crippen LogP contribution in [0.25, 0.3) is 11.1 Å². The first kappa shape index (κ1) is 12.4. The Morgan fingerprint density at radius 3 is 2.44 bits per heavy atom. The second-order valence-corrected chi connectivity index (χ2v) is 4.34. The van der Waals surface area contributed by atoms with Crippen molar-refractivity contribution in [2.75, 3.05) is 5.32 Å². The van der Waals surface area contributed by atoms with Crippen LogP contribution < -0.4 is 5.32 Å². The Labute approximate surface area is 109 Å². The quantitative estimate of drug-likeness (QED) is 0.807. The van der Waals surface area contributed by atoms with E-state index in [9.17, 15) is 0 Å². The Balaban J connectivity index is 2.57. The van der Waals surface area contributed by atoms with Crippen molar-refractivity contribution in [3.8, 4) is 11.1 Å². The van der Waals surface area contributed by atoms with Crippen LogP contribution >= 0.6 is 0 Å². The summed E-state index contributed by atoms with van der Waals surface area (Å²) in [6, 6.07) is 14.9. The summed E-state index contributed by atoms with van der Waals surface area (Å²) in [5.74, 6) is 0. The Bertz CT molecular complexity index is 541. The van der Waals surface area contributed by atoms with Crippen LogP contribution in [0.5, 0.6) is 0 Å². The van der Waals surface area contributed by atoms with Gasteiger partial charge in [-0.25, -0.2) is 0 Å². The van der Waals surface area contributed by atoms with Gasteiger partial charge in [-0.05, 0) is 41.8 Å². The van der Waals surface area contributed by atoms with Crippen LogP contribution in [0, 0.1) is 6.92 Å². The van der Waals surface area contributed by atoms with Gasteiger partial charge in [0.05, 0.1) is 0 Å². The summed E-state index contributed by atoms with van der Waals surface area (Å²) in [5.41, 5.74) is 6.32. The summed E-state index contributed by atoms with van der Waals surface area (Å²) in [6.45, 7) is 8.10. The number of rotatable bonds is 4. The second-order valence-electron chi connectivity index (χ2n) is 4.34. The molecule has 92 valence electrons. The van der Waals surface area contributed by atoms with Crippen LogP contribution in [0.3, 0.4) is 0 Å². The third kappa shape index (κ3) is 2.30. The van der Waals surface area contributed by atoms with Crippen molar-refractivity contribution in [1.82, 2.24) is 0 Å². The summed E-state index contributed by atoms with van der Waals surface area (Å²) in [7, 11) is 0. The lowest BCUT2D eigenvalue weighted by molar-refractivity contribution is 1.13. The zero-order chi connectivity index (χ0) is 13.0. The third-order valence-corrected chi connectivity index (χ3v) is 3.26. The van der Waals surface area contributed by atoms with Crippen molar-refractivity contribution >= 4 is 5.69 Å². The van der Waals surface area contributed by atoms with Crippen LogP contribution in [0.4, 0.5) is 5.69 Å². The van der Waals surface area contributed by atoms with Crippen LogP contribution in [0.1, 0.15) is 18.1 Å². The predicted octanol–water partition coefficient (Wildman–Crippen LogP) is 4.78. The van der Waals surface area contributed by atoms with Gasteiger partial charge in [0.15, 0.2) is 0 Å². The number of anilines is 1. The molecule has 1 nitrogen and oxygen atoms in total. The molecule has 18 heavy (non-hydrogen) atoms. The van der Waals surface area contributed by atoms with Gasteiger partial charge in [-0.2, -0.15) is 0 Å². The number of hydrogen-bond donors (Lipinski definition) is 1. The number of aryl methyl sites for hydroxylation is 1. The molecule has 0 aliphatic heterocycles. The smallest absolute Gasteiger partial charge is 0.0447 e. The molecule has 2 aromatic rings. The summed E-state index contributed by atoms with van der Waals surface area (Å²) in [5, 5.41) is 3.27. The van der Waals surface area contributed by atoms with E-state index in [4.69, 9.17) is 0 Å². The molecule has 0 radical (unpaired) electrons. The van der Waals surface area contributed by atoms with Gasteiger partial charge >= 0.3 is 0 Å². The minimum absolute atomic E-state index is 1.02. The van der Waals surface area contributed by atoms with Crippen LogP contribution in [0.2, 0.25) is 0 Å². The van der Waals surface area contributed by atoms with Crippen molar-refractivity contribution in [2.24, 2.45) is 0 Å². The molecule has 2 rings (SSSR count). The van der Waals surface area contributed by atoms with Crippen LogP contribution in [-0.4, -0.2) is 0 Å². The first-order chi connectivity index (χ1) is 8.77. The topological polar surface area (TPSA) is 12.0 Å². The zero-order valence-corrected chi connectivity index (χ0v) is 11.0. The molecule has 0 aliphatic carbocycles. The van der Waals surface area contributed by atoms with Crippen molar-refractivity contribution in [3.05, 3.63) is 66.4 Å². The molecule has 0 saturated carbocycles. The summed E-state index contributed by atoms with van der Waals surface area (Å²) in [6.07, 6.45) is 2.77. The molecule has 2 aromatic carbocycles. The number of nitrogens with one attached hydrogen (secondary N) is 1. The third-order valence-electron chi connectivity index (χ3n) is 3.26. The summed E-state index contributed by atoms with van der Waals surface area (Å²) in [4.78, 5) is 0. The van der Waals surface area contributed by atoms with Crippen molar-refractivity contribution in [2.45, 2.75) is 20.3 Å². The second kappa shape index (κ2) is 5.54. The first-order valence-corrected chi connectivity index (χ1v) is 6.33. The predicted molar refractivity (Wildman–Crippen MR) is 79.8 cm³/mol. The maximum absolute atomic E-state index is 3.76. The fourth-order valence-electron chi connectivity index (χ4n) is 2.30. The largest absolute Gasteiger partial charge is 0.362 e. The fourth-order valence-corrected chi connectivity index (χ4v) is 2.30. The maximum atomic E-state index is 3.76. The monoisotopic (exact) mass is 237 g/mol. The standard InChI is InChI=1S/C17H19N/c1-4-14-11-12-16(13(3)17(14)18-5-2)15-9-7-6-8-10-15/h5-12,18H,2,4H2,1,3H3.